The first-order valence-electron chi connectivity index (χ1n) is 4.81. The van der Waals surface area contributed by atoms with Crippen LogP contribution in [-0.2, 0) is 0 Å². The summed E-state index contributed by atoms with van der Waals surface area (Å²) in [5.74, 6) is 1.63. The Balaban J connectivity index is 3.12. The molecule has 0 saturated heterocycles. The van der Waals surface area contributed by atoms with Crippen LogP contribution < -0.4 is 14.7 Å². The summed E-state index contributed by atoms with van der Waals surface area (Å²) in [5, 5.41) is 0.931. The molecule has 75 valence electrons. The SMILES string of the molecule is CCOc1c(C)ccc([Si])c1OCC. The maximum Gasteiger partial charge on any atom is 0.163 e. The van der Waals surface area contributed by atoms with Gasteiger partial charge in [0, 0.05) is 0 Å². The van der Waals surface area contributed by atoms with Gasteiger partial charge in [-0.1, -0.05) is 12.1 Å². The van der Waals surface area contributed by atoms with E-state index in [9.17, 15) is 0 Å². The normalized spacial score (nSPS) is 10.0. The Bertz CT molecular complexity index is 279. The average molecular weight is 207 g/mol. The van der Waals surface area contributed by atoms with Gasteiger partial charge in [0.15, 0.2) is 11.5 Å². The van der Waals surface area contributed by atoms with Crippen LogP contribution in [0.1, 0.15) is 19.4 Å². The third kappa shape index (κ3) is 2.29. The summed E-state index contributed by atoms with van der Waals surface area (Å²) in [6.07, 6.45) is 0. The summed E-state index contributed by atoms with van der Waals surface area (Å²) in [6, 6.07) is 3.98. The van der Waals surface area contributed by atoms with Crippen molar-refractivity contribution in [1.29, 1.82) is 0 Å². The largest absolute Gasteiger partial charge is 0.490 e. The monoisotopic (exact) mass is 207 g/mol. The smallest absolute Gasteiger partial charge is 0.163 e. The Morgan fingerprint density at radius 3 is 2.21 bits per heavy atom. The van der Waals surface area contributed by atoms with Gasteiger partial charge >= 0.3 is 0 Å². The molecular weight excluding hydrogens is 192 g/mol. The second-order valence-corrected chi connectivity index (χ2v) is 3.49. The molecule has 0 unspecified atom stereocenters. The molecule has 0 aliphatic rings. The van der Waals surface area contributed by atoms with Crippen LogP contribution in [-0.4, -0.2) is 23.5 Å². The van der Waals surface area contributed by atoms with Gasteiger partial charge in [-0.25, -0.2) is 0 Å². The summed E-state index contributed by atoms with van der Waals surface area (Å²) in [7, 11) is 3.50. The molecule has 0 fully saturated rings. The van der Waals surface area contributed by atoms with Gasteiger partial charge in [0.05, 0.1) is 23.5 Å². The molecule has 0 bridgehead atoms. The molecule has 0 aliphatic heterocycles. The molecular formula is C11H15O2Si. The van der Waals surface area contributed by atoms with E-state index in [1.54, 1.807) is 0 Å². The number of benzene rings is 1. The van der Waals surface area contributed by atoms with E-state index in [1.165, 1.54) is 0 Å². The molecule has 2 nitrogen and oxygen atoms in total. The minimum Gasteiger partial charge on any atom is -0.490 e. The van der Waals surface area contributed by atoms with Crippen molar-refractivity contribution in [3.63, 3.8) is 0 Å². The first kappa shape index (κ1) is 11.1. The zero-order valence-electron chi connectivity index (χ0n) is 8.89. The van der Waals surface area contributed by atoms with Gasteiger partial charge < -0.3 is 9.47 Å². The van der Waals surface area contributed by atoms with Crippen molar-refractivity contribution < 1.29 is 9.47 Å². The zero-order chi connectivity index (χ0) is 10.6. The maximum atomic E-state index is 5.55. The third-order valence-corrected chi connectivity index (χ3v) is 2.28. The minimum atomic E-state index is 0.640. The van der Waals surface area contributed by atoms with Crippen molar-refractivity contribution >= 4 is 15.4 Å². The fourth-order valence-corrected chi connectivity index (χ4v) is 1.54. The van der Waals surface area contributed by atoms with Gasteiger partial charge in [-0.3, -0.25) is 0 Å². The number of rotatable bonds is 4. The molecule has 0 aliphatic carbocycles. The zero-order valence-corrected chi connectivity index (χ0v) is 9.89. The molecule has 0 heterocycles. The van der Waals surface area contributed by atoms with Gasteiger partial charge in [-0.05, 0) is 31.5 Å². The fourth-order valence-electron chi connectivity index (χ4n) is 1.27. The van der Waals surface area contributed by atoms with Crippen LogP contribution in [0.2, 0.25) is 0 Å². The Morgan fingerprint density at radius 2 is 1.64 bits per heavy atom. The van der Waals surface area contributed by atoms with Crippen LogP contribution in [0.4, 0.5) is 0 Å². The molecule has 0 saturated carbocycles. The highest BCUT2D eigenvalue weighted by molar-refractivity contribution is 6.34. The Labute approximate surface area is 88.7 Å². The van der Waals surface area contributed by atoms with Crippen LogP contribution in [0.15, 0.2) is 12.1 Å². The number of ether oxygens (including phenoxy) is 2. The maximum absolute atomic E-state index is 5.55. The van der Waals surface area contributed by atoms with E-state index in [-0.39, 0.29) is 0 Å². The number of hydrogen-bond donors (Lipinski definition) is 0. The second-order valence-electron chi connectivity index (χ2n) is 2.95. The van der Waals surface area contributed by atoms with Gasteiger partial charge in [-0.2, -0.15) is 0 Å². The van der Waals surface area contributed by atoms with E-state index >= 15 is 0 Å². The summed E-state index contributed by atoms with van der Waals surface area (Å²) < 4.78 is 11.1. The molecule has 0 atom stereocenters. The molecule has 0 spiro atoms. The molecule has 1 aromatic carbocycles. The van der Waals surface area contributed by atoms with Gasteiger partial charge in [0.1, 0.15) is 0 Å². The van der Waals surface area contributed by atoms with Crippen LogP contribution >= 0.6 is 0 Å². The first-order valence-corrected chi connectivity index (χ1v) is 5.31. The second kappa shape index (κ2) is 5.05. The fraction of sp³-hybridized carbons (Fsp3) is 0.455. The van der Waals surface area contributed by atoms with E-state index in [4.69, 9.17) is 9.47 Å². The van der Waals surface area contributed by atoms with E-state index < -0.39 is 0 Å². The summed E-state index contributed by atoms with van der Waals surface area (Å²) in [5.41, 5.74) is 1.09. The molecule has 1 rings (SSSR count). The van der Waals surface area contributed by atoms with E-state index in [0.717, 1.165) is 22.2 Å². The van der Waals surface area contributed by atoms with Crippen molar-refractivity contribution in [3.05, 3.63) is 17.7 Å². The van der Waals surface area contributed by atoms with Crippen molar-refractivity contribution in [2.75, 3.05) is 13.2 Å². The van der Waals surface area contributed by atoms with E-state index in [0.29, 0.717) is 13.2 Å². The lowest BCUT2D eigenvalue weighted by molar-refractivity contribution is 0.288. The van der Waals surface area contributed by atoms with Crippen molar-refractivity contribution in [2.45, 2.75) is 20.8 Å². The topological polar surface area (TPSA) is 18.5 Å². The standard InChI is InChI=1S/C11H15O2Si/c1-4-12-10-8(3)6-7-9(14)11(10)13-5-2/h6-7H,4-5H2,1-3H3. The van der Waals surface area contributed by atoms with Gasteiger partial charge in [0.25, 0.3) is 0 Å². The molecule has 0 aromatic heterocycles. The lowest BCUT2D eigenvalue weighted by Gasteiger charge is -2.15. The van der Waals surface area contributed by atoms with Crippen molar-refractivity contribution in [3.8, 4) is 11.5 Å². The van der Waals surface area contributed by atoms with E-state index in [2.05, 4.69) is 10.2 Å². The number of aryl methyl sites for hydroxylation is 1. The summed E-state index contributed by atoms with van der Waals surface area (Å²) in [4.78, 5) is 0. The molecule has 0 N–H and O–H groups in total. The number of hydrogen-bond acceptors (Lipinski definition) is 2. The van der Waals surface area contributed by atoms with Crippen molar-refractivity contribution in [2.24, 2.45) is 0 Å². The lowest BCUT2D eigenvalue weighted by Crippen LogP contribution is -2.12. The molecule has 0 amide bonds. The third-order valence-electron chi connectivity index (χ3n) is 1.89. The molecule has 1 aromatic rings. The molecule has 3 heteroatoms. The molecule has 3 radical (unpaired) electrons. The summed E-state index contributed by atoms with van der Waals surface area (Å²) >= 11 is 0. The highest BCUT2D eigenvalue weighted by atomic mass is 28.1. The Kier molecular flexibility index (Phi) is 4.01. The average Bonchev–Trinajstić information content (AvgIpc) is 2.17. The predicted octanol–water partition coefficient (Wildman–Crippen LogP) is 1.59. The van der Waals surface area contributed by atoms with Gasteiger partial charge in [0.2, 0.25) is 0 Å². The van der Waals surface area contributed by atoms with Crippen LogP contribution in [0.3, 0.4) is 0 Å². The van der Waals surface area contributed by atoms with Crippen LogP contribution in [0.25, 0.3) is 0 Å². The predicted molar refractivity (Wildman–Crippen MR) is 58.9 cm³/mol. The van der Waals surface area contributed by atoms with Gasteiger partial charge in [-0.15, -0.1) is 0 Å². The van der Waals surface area contributed by atoms with Crippen LogP contribution in [0, 0.1) is 6.92 Å². The lowest BCUT2D eigenvalue weighted by atomic mass is 10.2. The van der Waals surface area contributed by atoms with E-state index in [1.807, 2.05) is 32.9 Å². The highest BCUT2D eigenvalue weighted by Crippen LogP contribution is 2.28. The summed E-state index contributed by atoms with van der Waals surface area (Å²) in [6.45, 7) is 7.23. The Hall–Kier alpha value is -0.963. The van der Waals surface area contributed by atoms with Crippen LogP contribution in [0.5, 0.6) is 11.5 Å². The molecule has 14 heavy (non-hydrogen) atoms. The first-order chi connectivity index (χ1) is 6.70. The quantitative estimate of drug-likeness (QED) is 0.698. The highest BCUT2D eigenvalue weighted by Gasteiger charge is 2.10. The minimum absolute atomic E-state index is 0.640. The Morgan fingerprint density at radius 1 is 1.07 bits per heavy atom. The van der Waals surface area contributed by atoms with Crippen molar-refractivity contribution in [1.82, 2.24) is 0 Å².